The molecule has 1 aliphatic heterocycles. The minimum Gasteiger partial charge on any atom is -0.392 e. The lowest BCUT2D eigenvalue weighted by atomic mass is 10.1. The van der Waals surface area contributed by atoms with E-state index in [1.807, 2.05) is 4.90 Å². The smallest absolute Gasteiger partial charge is 0.126 e. The Kier molecular flexibility index (Phi) is 3.51. The van der Waals surface area contributed by atoms with E-state index >= 15 is 0 Å². The largest absolute Gasteiger partial charge is 0.392 e. The van der Waals surface area contributed by atoms with Gasteiger partial charge in [-0.1, -0.05) is 0 Å². The number of aliphatic hydroxyl groups excluding tert-OH is 1. The molecule has 0 aliphatic carbocycles. The molecule has 88 valence electrons. The molecule has 0 bridgehead atoms. The quantitative estimate of drug-likeness (QED) is 0.834. The van der Waals surface area contributed by atoms with Crippen LogP contribution < -0.4 is 0 Å². The minimum atomic E-state index is -0.549. The molecule has 1 heterocycles. The molecule has 1 aliphatic rings. The molecule has 1 atom stereocenters. The summed E-state index contributed by atoms with van der Waals surface area (Å²) in [6, 6.07) is 3.54. The number of nitrogens with zero attached hydrogens (tertiary/aromatic N) is 1. The molecule has 16 heavy (non-hydrogen) atoms. The Morgan fingerprint density at radius 1 is 1.25 bits per heavy atom. The van der Waals surface area contributed by atoms with E-state index in [1.54, 1.807) is 0 Å². The molecule has 0 unspecified atom stereocenters. The van der Waals surface area contributed by atoms with Gasteiger partial charge in [0.15, 0.2) is 0 Å². The predicted molar refractivity (Wildman–Crippen MR) is 56.9 cm³/mol. The second kappa shape index (κ2) is 4.89. The third-order valence-electron chi connectivity index (χ3n) is 2.81. The van der Waals surface area contributed by atoms with Gasteiger partial charge in [-0.05, 0) is 37.1 Å². The zero-order valence-corrected chi connectivity index (χ0v) is 9.00. The van der Waals surface area contributed by atoms with E-state index in [1.165, 1.54) is 12.1 Å². The van der Waals surface area contributed by atoms with Crippen LogP contribution in [0, 0.1) is 11.6 Å². The fourth-order valence-corrected chi connectivity index (χ4v) is 2.14. The molecule has 4 heteroatoms. The molecule has 0 radical (unpaired) electrons. The van der Waals surface area contributed by atoms with Gasteiger partial charge in [-0.3, -0.25) is 4.90 Å². The van der Waals surface area contributed by atoms with Gasteiger partial charge in [0.25, 0.3) is 0 Å². The van der Waals surface area contributed by atoms with Crippen molar-refractivity contribution in [2.75, 3.05) is 13.1 Å². The van der Waals surface area contributed by atoms with Crippen LogP contribution in [0.3, 0.4) is 0 Å². The SMILES string of the molecule is O[C@H]1CCCN(Cc2cc(F)cc(F)c2)C1. The maximum Gasteiger partial charge on any atom is 0.126 e. The maximum atomic E-state index is 13.0. The highest BCUT2D eigenvalue weighted by atomic mass is 19.1. The molecular formula is C12H15F2NO. The number of likely N-dealkylation sites (tertiary alicyclic amines) is 1. The highest BCUT2D eigenvalue weighted by molar-refractivity contribution is 5.17. The lowest BCUT2D eigenvalue weighted by Crippen LogP contribution is -2.37. The number of piperidine rings is 1. The van der Waals surface area contributed by atoms with Crippen molar-refractivity contribution in [1.29, 1.82) is 0 Å². The summed E-state index contributed by atoms with van der Waals surface area (Å²) < 4.78 is 25.9. The first-order valence-electron chi connectivity index (χ1n) is 5.49. The van der Waals surface area contributed by atoms with Gasteiger partial charge in [-0.15, -0.1) is 0 Å². The maximum absolute atomic E-state index is 13.0. The van der Waals surface area contributed by atoms with Crippen molar-refractivity contribution >= 4 is 0 Å². The van der Waals surface area contributed by atoms with Gasteiger partial charge >= 0.3 is 0 Å². The zero-order chi connectivity index (χ0) is 11.5. The summed E-state index contributed by atoms with van der Waals surface area (Å²) in [7, 11) is 0. The van der Waals surface area contributed by atoms with Crippen molar-refractivity contribution in [2.24, 2.45) is 0 Å². The summed E-state index contributed by atoms with van der Waals surface area (Å²) in [4.78, 5) is 2.02. The molecule has 0 amide bonds. The number of hydrogen-bond donors (Lipinski definition) is 1. The van der Waals surface area contributed by atoms with Crippen molar-refractivity contribution in [2.45, 2.75) is 25.5 Å². The highest BCUT2D eigenvalue weighted by Crippen LogP contribution is 2.15. The van der Waals surface area contributed by atoms with E-state index in [-0.39, 0.29) is 6.10 Å². The molecule has 1 N–H and O–H groups in total. The van der Waals surface area contributed by atoms with E-state index in [0.717, 1.165) is 25.5 Å². The van der Waals surface area contributed by atoms with Gasteiger partial charge in [-0.25, -0.2) is 8.78 Å². The summed E-state index contributed by atoms with van der Waals surface area (Å²) in [5.41, 5.74) is 0.617. The van der Waals surface area contributed by atoms with Crippen LogP contribution in [-0.2, 0) is 6.54 Å². The van der Waals surface area contributed by atoms with Crippen molar-refractivity contribution < 1.29 is 13.9 Å². The van der Waals surface area contributed by atoms with E-state index in [2.05, 4.69) is 0 Å². The van der Waals surface area contributed by atoms with Gasteiger partial charge in [0, 0.05) is 19.2 Å². The molecule has 0 spiro atoms. The lowest BCUT2D eigenvalue weighted by Gasteiger charge is -2.29. The third-order valence-corrected chi connectivity index (χ3v) is 2.81. The summed E-state index contributed by atoms with van der Waals surface area (Å²) >= 11 is 0. The van der Waals surface area contributed by atoms with E-state index in [4.69, 9.17) is 0 Å². The standard InChI is InChI=1S/C12H15F2NO/c13-10-4-9(5-11(14)6-10)7-15-3-1-2-12(16)8-15/h4-6,12,16H,1-3,7-8H2/t12-/m0/s1. The van der Waals surface area contributed by atoms with Crippen molar-refractivity contribution in [3.8, 4) is 0 Å². The third kappa shape index (κ3) is 3.00. The van der Waals surface area contributed by atoms with Gasteiger partial charge in [-0.2, -0.15) is 0 Å². The van der Waals surface area contributed by atoms with Crippen LogP contribution in [0.4, 0.5) is 8.78 Å². The second-order valence-electron chi connectivity index (χ2n) is 4.31. The van der Waals surface area contributed by atoms with Crippen LogP contribution in [0.5, 0.6) is 0 Å². The fourth-order valence-electron chi connectivity index (χ4n) is 2.14. The number of rotatable bonds is 2. The van der Waals surface area contributed by atoms with Crippen LogP contribution >= 0.6 is 0 Å². The molecule has 1 aromatic rings. The van der Waals surface area contributed by atoms with Crippen LogP contribution in [0.15, 0.2) is 18.2 Å². The van der Waals surface area contributed by atoms with Gasteiger partial charge in [0.05, 0.1) is 6.10 Å². The first-order chi connectivity index (χ1) is 7.63. The van der Waals surface area contributed by atoms with E-state index in [9.17, 15) is 13.9 Å². The molecular weight excluding hydrogens is 212 g/mol. The number of hydrogen-bond acceptors (Lipinski definition) is 2. The molecule has 1 fully saturated rings. The van der Waals surface area contributed by atoms with E-state index in [0.29, 0.717) is 18.7 Å². The van der Waals surface area contributed by atoms with Gasteiger partial charge in [0.2, 0.25) is 0 Å². The number of aliphatic hydroxyl groups is 1. The summed E-state index contributed by atoms with van der Waals surface area (Å²) in [5, 5.41) is 9.48. The van der Waals surface area contributed by atoms with Gasteiger partial charge < -0.3 is 5.11 Å². The number of benzene rings is 1. The first kappa shape index (κ1) is 11.5. The topological polar surface area (TPSA) is 23.5 Å². The Labute approximate surface area is 93.5 Å². The number of halogens is 2. The Morgan fingerprint density at radius 3 is 2.56 bits per heavy atom. The molecule has 1 saturated heterocycles. The van der Waals surface area contributed by atoms with Crippen LogP contribution in [-0.4, -0.2) is 29.2 Å². The minimum absolute atomic E-state index is 0.313. The van der Waals surface area contributed by atoms with Crippen molar-refractivity contribution in [1.82, 2.24) is 4.90 Å². The second-order valence-corrected chi connectivity index (χ2v) is 4.31. The summed E-state index contributed by atoms with van der Waals surface area (Å²) in [6.45, 7) is 1.94. The Bertz CT molecular complexity index is 350. The van der Waals surface area contributed by atoms with Crippen LogP contribution in [0.2, 0.25) is 0 Å². The molecule has 2 rings (SSSR count). The molecule has 2 nitrogen and oxygen atoms in total. The Balaban J connectivity index is 2.02. The lowest BCUT2D eigenvalue weighted by molar-refractivity contribution is 0.0667. The summed E-state index contributed by atoms with van der Waals surface area (Å²) in [6.07, 6.45) is 1.43. The average Bonchev–Trinajstić information content (AvgIpc) is 2.15. The highest BCUT2D eigenvalue weighted by Gasteiger charge is 2.17. The Hall–Kier alpha value is -1.00. The monoisotopic (exact) mass is 227 g/mol. The molecule has 0 saturated carbocycles. The predicted octanol–water partition coefficient (Wildman–Crippen LogP) is 1.92. The van der Waals surface area contributed by atoms with Crippen LogP contribution in [0.1, 0.15) is 18.4 Å². The number of β-amino-alcohol motifs (C(OH)–C–C–N with tert-alkyl or cyclic N) is 1. The van der Waals surface area contributed by atoms with Crippen molar-refractivity contribution in [3.05, 3.63) is 35.4 Å². The van der Waals surface area contributed by atoms with Crippen molar-refractivity contribution in [3.63, 3.8) is 0 Å². The average molecular weight is 227 g/mol. The summed E-state index contributed by atoms with van der Waals surface area (Å²) in [5.74, 6) is -1.10. The normalized spacial score (nSPS) is 22.3. The zero-order valence-electron chi connectivity index (χ0n) is 9.00. The van der Waals surface area contributed by atoms with Crippen LogP contribution in [0.25, 0.3) is 0 Å². The molecule has 1 aromatic carbocycles. The fraction of sp³-hybridized carbons (Fsp3) is 0.500. The first-order valence-corrected chi connectivity index (χ1v) is 5.49. The molecule has 0 aromatic heterocycles. The van der Waals surface area contributed by atoms with Gasteiger partial charge in [0.1, 0.15) is 11.6 Å². The Morgan fingerprint density at radius 2 is 1.94 bits per heavy atom. The van der Waals surface area contributed by atoms with E-state index < -0.39 is 11.6 Å².